The largest absolute Gasteiger partial charge is 0.357 e. The Labute approximate surface area is 182 Å². The Morgan fingerprint density at radius 1 is 1.36 bits per heavy atom. The van der Waals surface area contributed by atoms with Gasteiger partial charge in [-0.1, -0.05) is 19.1 Å². The highest BCUT2D eigenvalue weighted by Crippen LogP contribution is 2.27. The van der Waals surface area contributed by atoms with Crippen molar-refractivity contribution in [3.8, 4) is 0 Å². The zero-order chi connectivity index (χ0) is 19.2. The van der Waals surface area contributed by atoms with Crippen molar-refractivity contribution in [2.45, 2.75) is 32.7 Å². The van der Waals surface area contributed by atoms with Crippen molar-refractivity contribution in [3.05, 3.63) is 54.1 Å². The third kappa shape index (κ3) is 5.42. The van der Waals surface area contributed by atoms with Gasteiger partial charge in [0.05, 0.1) is 12.4 Å². The van der Waals surface area contributed by atoms with Crippen LogP contribution in [0.5, 0.6) is 0 Å². The number of rotatable bonds is 5. The SMILES string of the molecule is CCNC(=NCCc1cccc(F)c1F)N1CCC(C)C(n2ccnc2)C1.I. The number of halogens is 3. The van der Waals surface area contributed by atoms with Crippen LogP contribution in [0.15, 0.2) is 41.9 Å². The predicted octanol–water partition coefficient (Wildman–Crippen LogP) is 3.87. The topological polar surface area (TPSA) is 45.5 Å². The molecule has 3 rings (SSSR count). The molecule has 0 radical (unpaired) electrons. The second-order valence-corrected chi connectivity index (χ2v) is 6.99. The van der Waals surface area contributed by atoms with Crippen LogP contribution in [-0.2, 0) is 6.42 Å². The van der Waals surface area contributed by atoms with Gasteiger partial charge in [-0.25, -0.2) is 13.8 Å². The Morgan fingerprint density at radius 3 is 2.89 bits per heavy atom. The third-order valence-corrected chi connectivity index (χ3v) is 5.14. The van der Waals surface area contributed by atoms with Gasteiger partial charge in [-0.05, 0) is 37.3 Å². The minimum absolute atomic E-state index is 0. The molecular weight excluding hydrogens is 475 g/mol. The van der Waals surface area contributed by atoms with Crippen LogP contribution in [0, 0.1) is 17.6 Å². The van der Waals surface area contributed by atoms with E-state index in [1.165, 1.54) is 6.07 Å². The average Bonchev–Trinajstić information content (AvgIpc) is 3.19. The van der Waals surface area contributed by atoms with Crippen LogP contribution in [-0.4, -0.2) is 46.6 Å². The highest BCUT2D eigenvalue weighted by Gasteiger charge is 2.28. The number of nitrogens with zero attached hydrogens (tertiary/aromatic N) is 4. The maximum Gasteiger partial charge on any atom is 0.193 e. The zero-order valence-electron chi connectivity index (χ0n) is 16.3. The fraction of sp³-hybridized carbons (Fsp3) is 0.500. The summed E-state index contributed by atoms with van der Waals surface area (Å²) in [5, 5.41) is 3.33. The summed E-state index contributed by atoms with van der Waals surface area (Å²) in [5.74, 6) is -0.202. The molecule has 2 unspecified atom stereocenters. The van der Waals surface area contributed by atoms with E-state index in [1.54, 1.807) is 12.3 Å². The molecule has 0 amide bonds. The van der Waals surface area contributed by atoms with Crippen LogP contribution in [0.4, 0.5) is 8.78 Å². The van der Waals surface area contributed by atoms with Crippen LogP contribution in [0.2, 0.25) is 0 Å². The second kappa shape index (κ2) is 10.7. The van der Waals surface area contributed by atoms with E-state index >= 15 is 0 Å². The molecular formula is C20H28F2IN5. The van der Waals surface area contributed by atoms with Crippen LogP contribution >= 0.6 is 24.0 Å². The van der Waals surface area contributed by atoms with E-state index in [1.807, 2.05) is 19.4 Å². The lowest BCUT2D eigenvalue weighted by Gasteiger charge is -2.39. The molecule has 2 heterocycles. The first-order chi connectivity index (χ1) is 13.1. The Bertz CT molecular complexity index is 766. The van der Waals surface area contributed by atoms with Crippen molar-refractivity contribution in [1.82, 2.24) is 19.8 Å². The van der Waals surface area contributed by atoms with Crippen molar-refractivity contribution >= 4 is 29.9 Å². The number of nitrogens with one attached hydrogen (secondary N) is 1. The molecule has 1 fully saturated rings. The number of likely N-dealkylation sites (tertiary alicyclic amines) is 1. The molecule has 1 aliphatic heterocycles. The van der Waals surface area contributed by atoms with E-state index in [-0.39, 0.29) is 24.0 Å². The smallest absolute Gasteiger partial charge is 0.193 e. The fourth-order valence-corrected chi connectivity index (χ4v) is 3.54. The number of benzene rings is 1. The molecule has 1 saturated heterocycles. The Kier molecular flexibility index (Phi) is 8.65. The summed E-state index contributed by atoms with van der Waals surface area (Å²) >= 11 is 0. The molecule has 0 aliphatic carbocycles. The quantitative estimate of drug-likeness (QED) is 0.383. The van der Waals surface area contributed by atoms with Gasteiger partial charge in [-0.2, -0.15) is 0 Å². The minimum atomic E-state index is -0.809. The lowest BCUT2D eigenvalue weighted by molar-refractivity contribution is 0.189. The van der Waals surface area contributed by atoms with Gasteiger partial charge in [0, 0.05) is 38.6 Å². The van der Waals surface area contributed by atoms with Gasteiger partial charge < -0.3 is 14.8 Å². The number of hydrogen-bond donors (Lipinski definition) is 1. The number of imidazole rings is 1. The molecule has 0 saturated carbocycles. The molecule has 1 aromatic carbocycles. The predicted molar refractivity (Wildman–Crippen MR) is 118 cm³/mol. The first kappa shape index (κ1) is 22.6. The standard InChI is InChI=1S/C20H27F2N5.HI/c1-3-24-20(25-9-7-16-5-4-6-17(21)19(16)22)26-11-8-15(2)18(13-26)27-12-10-23-14-27;/h4-6,10,12,14-15,18H,3,7-9,11,13H2,1-2H3,(H,24,25);1H. The van der Waals surface area contributed by atoms with E-state index in [9.17, 15) is 8.78 Å². The van der Waals surface area contributed by atoms with Crippen LogP contribution in [0.25, 0.3) is 0 Å². The summed E-state index contributed by atoms with van der Waals surface area (Å²) in [6.07, 6.45) is 7.10. The van der Waals surface area contributed by atoms with Crippen LogP contribution in [0.1, 0.15) is 31.9 Å². The number of aliphatic imine (C=N–C) groups is 1. The summed E-state index contributed by atoms with van der Waals surface area (Å²) in [7, 11) is 0. The Morgan fingerprint density at radius 2 is 2.18 bits per heavy atom. The maximum absolute atomic E-state index is 13.8. The molecule has 28 heavy (non-hydrogen) atoms. The summed E-state index contributed by atoms with van der Waals surface area (Å²) in [4.78, 5) is 11.1. The van der Waals surface area contributed by atoms with Gasteiger partial charge in [0.1, 0.15) is 0 Å². The summed E-state index contributed by atoms with van der Waals surface area (Å²) in [6, 6.07) is 4.62. The third-order valence-electron chi connectivity index (χ3n) is 5.14. The van der Waals surface area contributed by atoms with Gasteiger partial charge in [0.25, 0.3) is 0 Å². The Balaban J connectivity index is 0.00000280. The maximum atomic E-state index is 13.8. The zero-order valence-corrected chi connectivity index (χ0v) is 18.6. The molecule has 2 aromatic rings. The van der Waals surface area contributed by atoms with Crippen molar-refractivity contribution in [1.29, 1.82) is 0 Å². The highest BCUT2D eigenvalue weighted by atomic mass is 127. The number of piperidine rings is 1. The van der Waals surface area contributed by atoms with Gasteiger partial charge in [-0.15, -0.1) is 24.0 Å². The van der Waals surface area contributed by atoms with Crippen molar-refractivity contribution in [2.75, 3.05) is 26.2 Å². The molecule has 1 N–H and O–H groups in total. The minimum Gasteiger partial charge on any atom is -0.357 e. The van der Waals surface area contributed by atoms with E-state index in [0.717, 1.165) is 38.1 Å². The summed E-state index contributed by atoms with van der Waals surface area (Å²) < 4.78 is 29.3. The highest BCUT2D eigenvalue weighted by molar-refractivity contribution is 14.0. The summed E-state index contributed by atoms with van der Waals surface area (Å²) in [5.41, 5.74) is 0.359. The van der Waals surface area contributed by atoms with Gasteiger partial charge in [0.2, 0.25) is 0 Å². The number of hydrogen-bond acceptors (Lipinski definition) is 2. The van der Waals surface area contributed by atoms with E-state index in [2.05, 4.69) is 31.7 Å². The van der Waals surface area contributed by atoms with Crippen LogP contribution < -0.4 is 5.32 Å². The molecule has 154 valence electrons. The van der Waals surface area contributed by atoms with Crippen LogP contribution in [0.3, 0.4) is 0 Å². The van der Waals surface area contributed by atoms with E-state index in [4.69, 9.17) is 0 Å². The summed E-state index contributed by atoms with van der Waals surface area (Å²) in [6.45, 7) is 7.23. The van der Waals surface area contributed by atoms with Crippen molar-refractivity contribution < 1.29 is 8.78 Å². The van der Waals surface area contributed by atoms with Gasteiger partial charge >= 0.3 is 0 Å². The average molecular weight is 503 g/mol. The molecule has 2 atom stereocenters. The Hall–Kier alpha value is -1.71. The van der Waals surface area contributed by atoms with E-state index < -0.39 is 11.6 Å². The second-order valence-electron chi connectivity index (χ2n) is 6.99. The normalized spacial score (nSPS) is 20.0. The first-order valence-electron chi connectivity index (χ1n) is 9.53. The lowest BCUT2D eigenvalue weighted by atomic mass is 9.93. The lowest BCUT2D eigenvalue weighted by Crippen LogP contribution is -2.49. The number of aromatic nitrogens is 2. The first-order valence-corrected chi connectivity index (χ1v) is 9.53. The van der Waals surface area contributed by atoms with Crippen molar-refractivity contribution in [3.63, 3.8) is 0 Å². The molecule has 8 heteroatoms. The number of guanidine groups is 1. The molecule has 1 aliphatic rings. The molecule has 0 spiro atoms. The van der Waals surface area contributed by atoms with Gasteiger partial charge in [0.15, 0.2) is 17.6 Å². The molecule has 1 aromatic heterocycles. The van der Waals surface area contributed by atoms with Crippen molar-refractivity contribution in [2.24, 2.45) is 10.9 Å². The molecule has 0 bridgehead atoms. The fourth-order valence-electron chi connectivity index (χ4n) is 3.54. The molecule has 5 nitrogen and oxygen atoms in total. The monoisotopic (exact) mass is 503 g/mol. The van der Waals surface area contributed by atoms with E-state index in [0.29, 0.717) is 30.5 Å². The van der Waals surface area contributed by atoms with Gasteiger partial charge in [-0.3, -0.25) is 4.99 Å².